The molecular weight excluding hydrogens is 447 g/mol. The van der Waals surface area contributed by atoms with Crippen LogP contribution < -0.4 is 10.1 Å². The van der Waals surface area contributed by atoms with Gasteiger partial charge in [-0.05, 0) is 64.0 Å². The van der Waals surface area contributed by atoms with Gasteiger partial charge in [0.25, 0.3) is 10.0 Å². The van der Waals surface area contributed by atoms with Gasteiger partial charge in [-0.25, -0.2) is 4.39 Å². The molecule has 0 saturated heterocycles. The van der Waals surface area contributed by atoms with Crippen molar-refractivity contribution in [3.05, 3.63) is 88.1 Å². The molecule has 0 atom stereocenters. The van der Waals surface area contributed by atoms with Crippen molar-refractivity contribution < 1.29 is 17.5 Å². The number of amidine groups is 1. The summed E-state index contributed by atoms with van der Waals surface area (Å²) in [5, 5.41) is 3.05. The van der Waals surface area contributed by atoms with Gasteiger partial charge >= 0.3 is 0 Å². The van der Waals surface area contributed by atoms with Crippen molar-refractivity contribution >= 4 is 37.5 Å². The predicted octanol–water partition coefficient (Wildman–Crippen LogP) is 4.73. The van der Waals surface area contributed by atoms with Gasteiger partial charge in [0.05, 0.1) is 10.2 Å². The molecule has 0 aliphatic carbocycles. The van der Waals surface area contributed by atoms with E-state index in [0.717, 1.165) is 5.56 Å². The van der Waals surface area contributed by atoms with Gasteiger partial charge in [-0.15, -0.1) is 4.40 Å². The second kappa shape index (κ2) is 7.37. The fourth-order valence-electron chi connectivity index (χ4n) is 2.75. The molecule has 0 bridgehead atoms. The number of rotatable bonds is 4. The van der Waals surface area contributed by atoms with E-state index in [1.54, 1.807) is 48.5 Å². The summed E-state index contributed by atoms with van der Waals surface area (Å²) < 4.78 is 48.1. The normalized spacial score (nSPS) is 14.6. The maximum Gasteiger partial charge on any atom is 0.286 e. The monoisotopic (exact) mass is 460 g/mol. The van der Waals surface area contributed by atoms with Crippen LogP contribution >= 0.6 is 15.9 Å². The Labute approximate surface area is 170 Å². The number of nitrogens with one attached hydrogen (secondary N) is 1. The Morgan fingerprint density at radius 1 is 1.04 bits per heavy atom. The van der Waals surface area contributed by atoms with Crippen molar-refractivity contribution in [2.24, 2.45) is 4.40 Å². The Balaban J connectivity index is 1.56. The number of halogens is 2. The third-order valence-electron chi connectivity index (χ3n) is 4.14. The average molecular weight is 461 g/mol. The molecule has 1 aliphatic rings. The van der Waals surface area contributed by atoms with Crippen LogP contribution in [-0.4, -0.2) is 14.3 Å². The smallest absolute Gasteiger partial charge is 0.286 e. The maximum atomic E-state index is 13.0. The van der Waals surface area contributed by atoms with Gasteiger partial charge in [0.1, 0.15) is 23.1 Å². The van der Waals surface area contributed by atoms with Crippen LogP contribution in [0.5, 0.6) is 5.75 Å². The van der Waals surface area contributed by atoms with Gasteiger partial charge in [-0.2, -0.15) is 8.42 Å². The molecule has 0 amide bonds. The first-order chi connectivity index (χ1) is 13.4. The van der Waals surface area contributed by atoms with Gasteiger partial charge in [0.2, 0.25) is 0 Å². The number of para-hydroxylation sites is 1. The molecule has 4 rings (SSSR count). The molecule has 0 spiro atoms. The predicted molar refractivity (Wildman–Crippen MR) is 109 cm³/mol. The van der Waals surface area contributed by atoms with E-state index in [2.05, 4.69) is 25.6 Å². The molecule has 0 aromatic heterocycles. The highest BCUT2D eigenvalue weighted by atomic mass is 79.9. The molecular formula is C20H14BrFN2O3S. The summed E-state index contributed by atoms with van der Waals surface area (Å²) in [6.45, 7) is 0.277. The second-order valence-electron chi connectivity index (χ2n) is 6.10. The van der Waals surface area contributed by atoms with Crippen LogP contribution in [0.3, 0.4) is 0 Å². The SMILES string of the molecule is O=S1(=O)N=C(c2ccc(OCc3ccc(F)cc3)c(Br)c2)Nc2ccccc21. The van der Waals surface area contributed by atoms with Crippen molar-refractivity contribution in [1.29, 1.82) is 0 Å². The number of nitrogens with zero attached hydrogens (tertiary/aromatic N) is 1. The van der Waals surface area contributed by atoms with Crippen LogP contribution in [0.25, 0.3) is 0 Å². The molecule has 0 fully saturated rings. The highest BCUT2D eigenvalue weighted by Crippen LogP contribution is 2.31. The molecule has 5 nitrogen and oxygen atoms in total. The summed E-state index contributed by atoms with van der Waals surface area (Å²) in [7, 11) is -3.76. The lowest BCUT2D eigenvalue weighted by Gasteiger charge is -2.18. The fraction of sp³-hybridized carbons (Fsp3) is 0.0500. The lowest BCUT2D eigenvalue weighted by Crippen LogP contribution is -2.22. The minimum Gasteiger partial charge on any atom is -0.488 e. The van der Waals surface area contributed by atoms with Crippen molar-refractivity contribution in [3.63, 3.8) is 0 Å². The summed E-state index contributed by atoms with van der Waals surface area (Å²) in [6, 6.07) is 17.9. The summed E-state index contributed by atoms with van der Waals surface area (Å²) in [5.74, 6) is 0.517. The Morgan fingerprint density at radius 2 is 1.79 bits per heavy atom. The molecule has 0 unspecified atom stereocenters. The van der Waals surface area contributed by atoms with E-state index in [9.17, 15) is 12.8 Å². The zero-order valence-electron chi connectivity index (χ0n) is 14.4. The van der Waals surface area contributed by atoms with Crippen LogP contribution in [0.4, 0.5) is 10.1 Å². The lowest BCUT2D eigenvalue weighted by molar-refractivity contribution is 0.304. The maximum absolute atomic E-state index is 13.0. The van der Waals surface area contributed by atoms with E-state index in [0.29, 0.717) is 21.5 Å². The molecule has 8 heteroatoms. The molecule has 142 valence electrons. The molecule has 3 aromatic rings. The first-order valence-electron chi connectivity index (χ1n) is 8.30. The largest absolute Gasteiger partial charge is 0.488 e. The van der Waals surface area contributed by atoms with Gasteiger partial charge in [-0.1, -0.05) is 24.3 Å². The van der Waals surface area contributed by atoms with Crippen LogP contribution in [-0.2, 0) is 16.6 Å². The Bertz CT molecular complexity index is 1180. The van der Waals surface area contributed by atoms with E-state index in [-0.39, 0.29) is 23.2 Å². The van der Waals surface area contributed by atoms with E-state index in [1.807, 2.05) is 0 Å². The van der Waals surface area contributed by atoms with Crippen molar-refractivity contribution in [2.45, 2.75) is 11.5 Å². The number of fused-ring (bicyclic) bond motifs is 1. The molecule has 28 heavy (non-hydrogen) atoms. The molecule has 3 aromatic carbocycles. The third-order valence-corrected chi connectivity index (χ3v) is 6.10. The molecule has 1 N–H and O–H groups in total. The fourth-order valence-corrected chi connectivity index (χ4v) is 4.38. The number of hydrogen-bond donors (Lipinski definition) is 1. The van der Waals surface area contributed by atoms with E-state index in [4.69, 9.17) is 4.74 Å². The van der Waals surface area contributed by atoms with Gasteiger partial charge in [0.15, 0.2) is 5.84 Å². The number of ether oxygens (including phenoxy) is 1. The minimum absolute atomic E-state index is 0.150. The number of sulfonamides is 1. The van der Waals surface area contributed by atoms with E-state index in [1.165, 1.54) is 18.2 Å². The standard InChI is InChI=1S/C20H14BrFN2O3S/c21-16-11-14(7-10-18(16)27-12-13-5-8-15(22)9-6-13)20-23-17-3-1-2-4-19(17)28(25,26)24-20/h1-11H,12H2,(H,23,24). The van der Waals surface area contributed by atoms with Gasteiger partial charge in [-0.3, -0.25) is 0 Å². The van der Waals surface area contributed by atoms with Crippen LogP contribution in [0.2, 0.25) is 0 Å². The molecule has 0 radical (unpaired) electrons. The summed E-state index contributed by atoms with van der Waals surface area (Å²) in [6.07, 6.45) is 0. The molecule has 1 aliphatic heterocycles. The van der Waals surface area contributed by atoms with E-state index < -0.39 is 10.0 Å². The highest BCUT2D eigenvalue weighted by Gasteiger charge is 2.25. The minimum atomic E-state index is -3.76. The van der Waals surface area contributed by atoms with E-state index >= 15 is 0 Å². The average Bonchev–Trinajstić information content (AvgIpc) is 2.68. The summed E-state index contributed by atoms with van der Waals surface area (Å²) >= 11 is 3.44. The number of anilines is 1. The summed E-state index contributed by atoms with van der Waals surface area (Å²) in [5.41, 5.74) is 1.91. The van der Waals surface area contributed by atoms with Crippen LogP contribution in [0.15, 0.2) is 80.5 Å². The number of benzene rings is 3. The second-order valence-corrected chi connectivity index (χ2v) is 8.52. The molecule has 0 saturated carbocycles. The Hall–Kier alpha value is -2.71. The van der Waals surface area contributed by atoms with Crippen LogP contribution in [0, 0.1) is 5.82 Å². The quantitative estimate of drug-likeness (QED) is 0.610. The Morgan fingerprint density at radius 3 is 2.54 bits per heavy atom. The zero-order valence-corrected chi connectivity index (χ0v) is 16.8. The van der Waals surface area contributed by atoms with Gasteiger partial charge in [0, 0.05) is 5.56 Å². The van der Waals surface area contributed by atoms with Gasteiger partial charge < -0.3 is 10.1 Å². The summed E-state index contributed by atoms with van der Waals surface area (Å²) in [4.78, 5) is 0.150. The van der Waals surface area contributed by atoms with Crippen molar-refractivity contribution in [3.8, 4) is 5.75 Å². The first-order valence-corrected chi connectivity index (χ1v) is 10.5. The zero-order chi connectivity index (χ0) is 19.7. The van der Waals surface area contributed by atoms with Crippen molar-refractivity contribution in [1.82, 2.24) is 0 Å². The van der Waals surface area contributed by atoms with Crippen molar-refractivity contribution in [2.75, 3.05) is 5.32 Å². The number of hydrogen-bond acceptors (Lipinski definition) is 4. The third kappa shape index (κ3) is 3.79. The topological polar surface area (TPSA) is 67.8 Å². The lowest BCUT2D eigenvalue weighted by atomic mass is 10.2. The van der Waals surface area contributed by atoms with Crippen LogP contribution in [0.1, 0.15) is 11.1 Å². The first kappa shape index (κ1) is 18.6. The highest BCUT2D eigenvalue weighted by molar-refractivity contribution is 9.10. The molecule has 1 heterocycles. The Kier molecular flexibility index (Phi) is 4.91.